The molecular formula is C19H25N3O2. The van der Waals surface area contributed by atoms with E-state index in [2.05, 4.69) is 27.9 Å². The lowest BCUT2D eigenvalue weighted by atomic mass is 10.1. The number of hydrogen-bond donors (Lipinski definition) is 1. The molecule has 1 aromatic heterocycles. The summed E-state index contributed by atoms with van der Waals surface area (Å²) >= 11 is 0. The van der Waals surface area contributed by atoms with E-state index in [1.807, 2.05) is 25.1 Å². The van der Waals surface area contributed by atoms with Crippen LogP contribution in [0.4, 0.5) is 0 Å². The van der Waals surface area contributed by atoms with Gasteiger partial charge in [-0.2, -0.15) is 0 Å². The Kier molecular flexibility index (Phi) is 5.43. The summed E-state index contributed by atoms with van der Waals surface area (Å²) in [5.41, 5.74) is 2.31. The third-order valence-corrected chi connectivity index (χ3v) is 4.45. The smallest absolute Gasteiger partial charge is 0.145 e. The van der Waals surface area contributed by atoms with Crippen molar-refractivity contribution in [3.63, 3.8) is 0 Å². The molecule has 0 saturated carbocycles. The first kappa shape index (κ1) is 16.9. The van der Waals surface area contributed by atoms with E-state index in [9.17, 15) is 5.11 Å². The van der Waals surface area contributed by atoms with Crippen LogP contribution in [0.1, 0.15) is 35.8 Å². The summed E-state index contributed by atoms with van der Waals surface area (Å²) in [6, 6.07) is 8.11. The zero-order chi connectivity index (χ0) is 16.9. The lowest BCUT2D eigenvalue weighted by Gasteiger charge is -2.25. The molecule has 5 heteroatoms. The van der Waals surface area contributed by atoms with E-state index in [0.717, 1.165) is 36.5 Å². The molecule has 128 valence electrons. The average molecular weight is 327 g/mol. The molecule has 2 atom stereocenters. The molecule has 1 saturated heterocycles. The molecule has 1 aliphatic rings. The van der Waals surface area contributed by atoms with Crippen LogP contribution >= 0.6 is 0 Å². The first-order chi connectivity index (χ1) is 11.6. The quantitative estimate of drug-likeness (QED) is 0.884. The van der Waals surface area contributed by atoms with E-state index in [0.29, 0.717) is 13.2 Å². The van der Waals surface area contributed by atoms with Crippen molar-refractivity contribution >= 4 is 0 Å². The average Bonchev–Trinajstić information content (AvgIpc) is 3.03. The van der Waals surface area contributed by atoms with Crippen molar-refractivity contribution in [3.05, 3.63) is 53.6 Å². The number of likely N-dealkylation sites (tertiary alicyclic amines) is 1. The molecule has 0 amide bonds. The Morgan fingerprint density at radius 3 is 2.83 bits per heavy atom. The van der Waals surface area contributed by atoms with Crippen LogP contribution in [0.2, 0.25) is 0 Å². The van der Waals surface area contributed by atoms with E-state index in [1.165, 1.54) is 5.56 Å². The summed E-state index contributed by atoms with van der Waals surface area (Å²) < 4.78 is 5.80. The molecule has 2 aromatic rings. The minimum Gasteiger partial charge on any atom is -0.491 e. The number of benzene rings is 1. The molecule has 5 nitrogen and oxygen atoms in total. The summed E-state index contributed by atoms with van der Waals surface area (Å²) in [6.07, 6.45) is 5.16. The van der Waals surface area contributed by atoms with Gasteiger partial charge in [0, 0.05) is 18.9 Å². The van der Waals surface area contributed by atoms with Crippen molar-refractivity contribution in [1.29, 1.82) is 0 Å². The van der Waals surface area contributed by atoms with Gasteiger partial charge in [-0.25, -0.2) is 9.97 Å². The predicted octanol–water partition coefficient (Wildman–Crippen LogP) is 2.67. The maximum atomic E-state index is 10.4. The van der Waals surface area contributed by atoms with Gasteiger partial charge >= 0.3 is 0 Å². The van der Waals surface area contributed by atoms with Crippen molar-refractivity contribution in [2.75, 3.05) is 19.7 Å². The molecule has 24 heavy (non-hydrogen) atoms. The van der Waals surface area contributed by atoms with Gasteiger partial charge in [0.15, 0.2) is 0 Å². The molecular weight excluding hydrogens is 302 g/mol. The first-order valence-electron chi connectivity index (χ1n) is 8.52. The molecule has 1 aliphatic heterocycles. The third-order valence-electron chi connectivity index (χ3n) is 4.45. The fraction of sp³-hybridized carbons (Fsp3) is 0.474. The second-order valence-electron chi connectivity index (χ2n) is 6.49. The van der Waals surface area contributed by atoms with Crippen LogP contribution in [0.25, 0.3) is 0 Å². The third kappa shape index (κ3) is 4.10. The van der Waals surface area contributed by atoms with E-state index in [1.54, 1.807) is 12.4 Å². The number of hydrogen-bond acceptors (Lipinski definition) is 5. The van der Waals surface area contributed by atoms with E-state index < -0.39 is 6.10 Å². The summed E-state index contributed by atoms with van der Waals surface area (Å²) in [6.45, 7) is 5.92. The number of aryl methyl sites for hydroxylation is 2. The number of ether oxygens (including phenoxy) is 1. The van der Waals surface area contributed by atoms with Gasteiger partial charge in [0.2, 0.25) is 0 Å². The highest BCUT2D eigenvalue weighted by molar-refractivity contribution is 5.35. The monoisotopic (exact) mass is 327 g/mol. The highest BCUT2D eigenvalue weighted by Crippen LogP contribution is 2.29. The molecule has 2 heterocycles. The standard InChI is InChI=1S/C19H25N3O2/c1-14-6-7-18(15(2)11-14)24-13-16(23)12-22-10-3-5-17(22)19-20-8-4-9-21-19/h4,6-9,11,16-17,23H,3,5,10,12-13H2,1-2H3. The lowest BCUT2D eigenvalue weighted by molar-refractivity contribution is 0.0625. The molecule has 0 bridgehead atoms. The van der Waals surface area contributed by atoms with Crippen LogP contribution in [0.5, 0.6) is 5.75 Å². The molecule has 1 N–H and O–H groups in total. The number of rotatable bonds is 6. The second kappa shape index (κ2) is 7.73. The van der Waals surface area contributed by atoms with E-state index in [-0.39, 0.29) is 6.04 Å². The minimum atomic E-state index is -0.532. The molecule has 0 aliphatic carbocycles. The fourth-order valence-electron chi connectivity index (χ4n) is 3.29. The normalized spacial score (nSPS) is 19.4. The van der Waals surface area contributed by atoms with Crippen LogP contribution in [-0.2, 0) is 0 Å². The van der Waals surface area contributed by atoms with Crippen molar-refractivity contribution in [2.24, 2.45) is 0 Å². The summed E-state index contributed by atoms with van der Waals surface area (Å²) in [7, 11) is 0. The van der Waals surface area contributed by atoms with Gasteiger partial charge in [-0.15, -0.1) is 0 Å². The second-order valence-corrected chi connectivity index (χ2v) is 6.49. The van der Waals surface area contributed by atoms with Crippen molar-refractivity contribution in [1.82, 2.24) is 14.9 Å². The zero-order valence-corrected chi connectivity index (χ0v) is 14.4. The zero-order valence-electron chi connectivity index (χ0n) is 14.4. The number of aliphatic hydroxyl groups is 1. The van der Waals surface area contributed by atoms with Gasteiger partial charge in [-0.05, 0) is 50.9 Å². The maximum Gasteiger partial charge on any atom is 0.145 e. The summed E-state index contributed by atoms with van der Waals surface area (Å²) in [5.74, 6) is 1.68. The number of aromatic nitrogens is 2. The lowest BCUT2D eigenvalue weighted by Crippen LogP contribution is -2.35. The Hall–Kier alpha value is -1.98. The molecule has 3 rings (SSSR count). The van der Waals surface area contributed by atoms with Crippen LogP contribution in [-0.4, -0.2) is 45.8 Å². The Balaban J connectivity index is 1.55. The van der Waals surface area contributed by atoms with Crippen molar-refractivity contribution in [2.45, 2.75) is 38.8 Å². The summed E-state index contributed by atoms with van der Waals surface area (Å²) in [4.78, 5) is 11.0. The van der Waals surface area contributed by atoms with Crippen LogP contribution < -0.4 is 4.74 Å². The van der Waals surface area contributed by atoms with Crippen LogP contribution in [0, 0.1) is 13.8 Å². The van der Waals surface area contributed by atoms with Crippen LogP contribution in [0.15, 0.2) is 36.7 Å². The number of aliphatic hydroxyl groups excluding tert-OH is 1. The molecule has 0 spiro atoms. The Morgan fingerprint density at radius 2 is 2.08 bits per heavy atom. The number of nitrogens with zero attached hydrogens (tertiary/aromatic N) is 3. The highest BCUT2D eigenvalue weighted by atomic mass is 16.5. The first-order valence-corrected chi connectivity index (χ1v) is 8.52. The molecule has 1 aromatic carbocycles. The van der Waals surface area contributed by atoms with Gasteiger partial charge in [-0.1, -0.05) is 17.7 Å². The summed E-state index contributed by atoms with van der Waals surface area (Å²) in [5, 5.41) is 10.4. The number of β-amino-alcohol motifs (C(OH)–C–C–N with tert-alkyl or cyclic N) is 1. The topological polar surface area (TPSA) is 58.5 Å². The minimum absolute atomic E-state index is 0.196. The Morgan fingerprint density at radius 1 is 1.29 bits per heavy atom. The molecule has 2 unspecified atom stereocenters. The highest BCUT2D eigenvalue weighted by Gasteiger charge is 2.29. The van der Waals surface area contributed by atoms with Gasteiger partial charge < -0.3 is 9.84 Å². The Labute approximate surface area is 143 Å². The molecule has 1 fully saturated rings. The van der Waals surface area contributed by atoms with Gasteiger partial charge in [0.25, 0.3) is 0 Å². The van der Waals surface area contributed by atoms with Crippen LogP contribution in [0.3, 0.4) is 0 Å². The molecule has 0 radical (unpaired) electrons. The van der Waals surface area contributed by atoms with Gasteiger partial charge in [-0.3, -0.25) is 4.90 Å². The van der Waals surface area contributed by atoms with E-state index in [4.69, 9.17) is 4.74 Å². The predicted molar refractivity (Wildman–Crippen MR) is 93.0 cm³/mol. The van der Waals surface area contributed by atoms with E-state index >= 15 is 0 Å². The van der Waals surface area contributed by atoms with Gasteiger partial charge in [0.1, 0.15) is 24.3 Å². The van der Waals surface area contributed by atoms with Gasteiger partial charge in [0.05, 0.1) is 6.04 Å². The SMILES string of the molecule is Cc1ccc(OCC(O)CN2CCCC2c2ncccn2)c(C)c1. The maximum absolute atomic E-state index is 10.4. The largest absolute Gasteiger partial charge is 0.491 e. The van der Waals surface area contributed by atoms with Crippen molar-refractivity contribution in [3.8, 4) is 5.75 Å². The Bertz CT molecular complexity index is 663. The van der Waals surface area contributed by atoms with Crippen molar-refractivity contribution < 1.29 is 9.84 Å². The fourth-order valence-corrected chi connectivity index (χ4v) is 3.29.